The first-order valence-corrected chi connectivity index (χ1v) is 10.6. The van der Waals surface area contributed by atoms with Gasteiger partial charge in [-0.3, -0.25) is 4.79 Å². The van der Waals surface area contributed by atoms with Crippen LogP contribution >= 0.6 is 12.4 Å². The molecule has 2 atom stereocenters. The molecule has 33 heavy (non-hydrogen) atoms. The minimum Gasteiger partial charge on any atom is -0.310 e. The maximum absolute atomic E-state index is 13.1. The number of benzene rings is 3. The SMILES string of the molecule is CC(=O)C(=N)CC(CN[C@H](C)c1cccc2ccccc12)Cc1cccc(C(F)(F)F)c1.Cl. The lowest BCUT2D eigenvalue weighted by Gasteiger charge is -2.22. The van der Waals surface area contributed by atoms with Crippen LogP contribution < -0.4 is 5.32 Å². The Morgan fingerprint density at radius 1 is 1.03 bits per heavy atom. The number of fused-ring (bicyclic) bond motifs is 1. The normalized spacial score (nSPS) is 13.2. The summed E-state index contributed by atoms with van der Waals surface area (Å²) in [6.45, 7) is 3.85. The van der Waals surface area contributed by atoms with Crippen LogP contribution in [-0.2, 0) is 17.4 Å². The van der Waals surface area contributed by atoms with Gasteiger partial charge in [-0.15, -0.1) is 12.4 Å². The van der Waals surface area contributed by atoms with Crippen molar-refractivity contribution in [1.29, 1.82) is 5.41 Å². The number of Topliss-reactive ketones (excluding diaryl/α,β-unsaturated/α-hetero) is 1. The fourth-order valence-electron chi connectivity index (χ4n) is 3.94. The highest BCUT2D eigenvalue weighted by Gasteiger charge is 2.30. The van der Waals surface area contributed by atoms with E-state index in [0.717, 1.165) is 28.5 Å². The molecule has 0 radical (unpaired) electrons. The molecule has 0 amide bonds. The van der Waals surface area contributed by atoms with Gasteiger partial charge in [0.25, 0.3) is 0 Å². The van der Waals surface area contributed by atoms with E-state index in [-0.39, 0.29) is 42.3 Å². The van der Waals surface area contributed by atoms with E-state index in [2.05, 4.69) is 29.6 Å². The minimum absolute atomic E-state index is 0. The van der Waals surface area contributed by atoms with Crippen molar-refractivity contribution < 1.29 is 18.0 Å². The molecule has 2 N–H and O–H groups in total. The highest BCUT2D eigenvalue weighted by molar-refractivity contribution is 6.37. The molecule has 0 aliphatic heterocycles. The van der Waals surface area contributed by atoms with Crippen LogP contribution in [0, 0.1) is 11.3 Å². The van der Waals surface area contributed by atoms with Crippen LogP contribution in [0.1, 0.15) is 43.0 Å². The lowest BCUT2D eigenvalue weighted by molar-refractivity contribution is -0.137. The Bertz CT molecular complexity index is 1110. The predicted molar refractivity (Wildman–Crippen MR) is 129 cm³/mol. The summed E-state index contributed by atoms with van der Waals surface area (Å²) in [6, 6.07) is 19.5. The number of nitrogens with one attached hydrogen (secondary N) is 2. The molecule has 3 nitrogen and oxygen atoms in total. The molecule has 176 valence electrons. The Labute approximate surface area is 198 Å². The third-order valence-corrected chi connectivity index (χ3v) is 5.70. The maximum atomic E-state index is 13.1. The first-order chi connectivity index (χ1) is 15.1. The Morgan fingerprint density at radius 3 is 2.39 bits per heavy atom. The summed E-state index contributed by atoms with van der Waals surface area (Å²) in [7, 11) is 0. The number of hydrogen-bond donors (Lipinski definition) is 2. The number of rotatable bonds is 9. The van der Waals surface area contributed by atoms with Gasteiger partial charge in [0.1, 0.15) is 0 Å². The number of carbonyl (C=O) groups is 1. The van der Waals surface area contributed by atoms with Crippen molar-refractivity contribution in [3.05, 3.63) is 83.4 Å². The number of halogens is 4. The molecule has 0 heterocycles. The van der Waals surface area contributed by atoms with Gasteiger partial charge < -0.3 is 10.7 Å². The highest BCUT2D eigenvalue weighted by Crippen LogP contribution is 2.30. The van der Waals surface area contributed by atoms with Crippen LogP contribution in [0.5, 0.6) is 0 Å². The second-order valence-corrected chi connectivity index (χ2v) is 8.21. The molecule has 0 aliphatic carbocycles. The number of ketones is 1. The van der Waals surface area contributed by atoms with Gasteiger partial charge in [0, 0.05) is 13.0 Å². The highest BCUT2D eigenvalue weighted by atomic mass is 35.5. The van der Waals surface area contributed by atoms with E-state index >= 15 is 0 Å². The van der Waals surface area contributed by atoms with Crippen LogP contribution in [0.15, 0.2) is 66.7 Å². The molecule has 0 spiro atoms. The van der Waals surface area contributed by atoms with Crippen molar-refractivity contribution in [2.75, 3.05) is 6.54 Å². The largest absolute Gasteiger partial charge is 0.416 e. The van der Waals surface area contributed by atoms with E-state index in [1.807, 2.05) is 25.1 Å². The van der Waals surface area contributed by atoms with Crippen LogP contribution in [0.2, 0.25) is 0 Å². The number of carbonyl (C=O) groups excluding carboxylic acids is 1. The molecule has 7 heteroatoms. The Hall–Kier alpha value is -2.70. The minimum atomic E-state index is -4.40. The van der Waals surface area contributed by atoms with E-state index in [1.54, 1.807) is 6.07 Å². The quantitative estimate of drug-likeness (QED) is 0.334. The Kier molecular flexibility index (Phi) is 9.20. The molecule has 0 saturated heterocycles. The maximum Gasteiger partial charge on any atom is 0.416 e. The van der Waals surface area contributed by atoms with Crippen LogP contribution in [-0.4, -0.2) is 18.0 Å². The van der Waals surface area contributed by atoms with Gasteiger partial charge in [-0.2, -0.15) is 13.2 Å². The van der Waals surface area contributed by atoms with Crippen molar-refractivity contribution in [3.63, 3.8) is 0 Å². The van der Waals surface area contributed by atoms with Gasteiger partial charge >= 0.3 is 6.18 Å². The molecule has 0 bridgehead atoms. The third-order valence-electron chi connectivity index (χ3n) is 5.70. The van der Waals surface area contributed by atoms with Crippen LogP contribution in [0.3, 0.4) is 0 Å². The van der Waals surface area contributed by atoms with Gasteiger partial charge in [0.05, 0.1) is 11.3 Å². The van der Waals surface area contributed by atoms with Crippen molar-refractivity contribution >= 4 is 34.7 Å². The molecule has 0 saturated carbocycles. The van der Waals surface area contributed by atoms with Crippen LogP contribution in [0.4, 0.5) is 13.2 Å². The average molecular weight is 477 g/mol. The van der Waals surface area contributed by atoms with E-state index in [9.17, 15) is 18.0 Å². The zero-order valence-corrected chi connectivity index (χ0v) is 19.4. The monoisotopic (exact) mass is 476 g/mol. The Balaban J connectivity index is 0.00000385. The van der Waals surface area contributed by atoms with Gasteiger partial charge in [-0.1, -0.05) is 60.7 Å². The molecular weight excluding hydrogens is 449 g/mol. The van der Waals surface area contributed by atoms with Gasteiger partial charge in [0.2, 0.25) is 0 Å². The topological polar surface area (TPSA) is 53.0 Å². The van der Waals surface area contributed by atoms with Crippen LogP contribution in [0.25, 0.3) is 10.8 Å². The summed E-state index contributed by atoms with van der Waals surface area (Å²) in [5.41, 5.74) is 0.970. The lowest BCUT2D eigenvalue weighted by atomic mass is 9.91. The summed E-state index contributed by atoms with van der Waals surface area (Å²) in [4.78, 5) is 11.6. The molecule has 3 aromatic rings. The number of hydrogen-bond acceptors (Lipinski definition) is 3. The molecule has 3 rings (SSSR count). The predicted octanol–water partition coefficient (Wildman–Crippen LogP) is 6.79. The summed E-state index contributed by atoms with van der Waals surface area (Å²) < 4.78 is 39.3. The fourth-order valence-corrected chi connectivity index (χ4v) is 3.94. The molecule has 0 aromatic heterocycles. The molecule has 0 fully saturated rings. The van der Waals surface area contributed by atoms with E-state index in [0.29, 0.717) is 18.5 Å². The second kappa shape index (κ2) is 11.4. The molecule has 3 aromatic carbocycles. The standard InChI is InChI=1S/C26H27F3N2O.ClH/c1-17(23-12-6-9-21-8-3-4-11-24(21)23)31-16-20(15-25(30)18(2)32)13-19-7-5-10-22(14-19)26(27,28)29;/h3-12,14,17,20,30-31H,13,15-16H2,1-2H3;1H/t17-,20?;/m1./s1. The zero-order chi connectivity index (χ0) is 23.3. The third kappa shape index (κ3) is 7.14. The molecule has 0 aliphatic rings. The molecular formula is C26H28ClF3N2O. The van der Waals surface area contributed by atoms with Gasteiger partial charge in [-0.05, 0) is 60.2 Å². The summed E-state index contributed by atoms with van der Waals surface area (Å²) in [6.07, 6.45) is -3.85. The average Bonchev–Trinajstić information content (AvgIpc) is 2.76. The van der Waals surface area contributed by atoms with Gasteiger partial charge in [-0.25, -0.2) is 0 Å². The van der Waals surface area contributed by atoms with Gasteiger partial charge in [0.15, 0.2) is 5.78 Å². The second-order valence-electron chi connectivity index (χ2n) is 8.21. The van der Waals surface area contributed by atoms with Crippen molar-refractivity contribution in [2.24, 2.45) is 5.92 Å². The smallest absolute Gasteiger partial charge is 0.310 e. The summed E-state index contributed by atoms with van der Waals surface area (Å²) in [5, 5.41) is 13.7. The Morgan fingerprint density at radius 2 is 1.70 bits per heavy atom. The molecule has 1 unspecified atom stereocenters. The zero-order valence-electron chi connectivity index (χ0n) is 18.6. The first kappa shape index (κ1) is 26.6. The van der Waals surface area contributed by atoms with Crippen molar-refractivity contribution in [2.45, 2.75) is 38.9 Å². The first-order valence-electron chi connectivity index (χ1n) is 10.6. The van der Waals surface area contributed by atoms with Crippen molar-refractivity contribution in [3.8, 4) is 0 Å². The van der Waals surface area contributed by atoms with E-state index in [4.69, 9.17) is 5.41 Å². The number of alkyl halides is 3. The van der Waals surface area contributed by atoms with E-state index < -0.39 is 11.7 Å². The lowest BCUT2D eigenvalue weighted by Crippen LogP contribution is -2.29. The van der Waals surface area contributed by atoms with E-state index in [1.165, 1.54) is 13.0 Å². The summed E-state index contributed by atoms with van der Waals surface area (Å²) in [5.74, 6) is -0.506. The summed E-state index contributed by atoms with van der Waals surface area (Å²) >= 11 is 0. The fraction of sp³-hybridized carbons (Fsp3) is 0.308. The van der Waals surface area contributed by atoms with Crippen molar-refractivity contribution in [1.82, 2.24) is 5.32 Å².